The van der Waals surface area contributed by atoms with Gasteiger partial charge in [0.05, 0.1) is 6.10 Å². The predicted molar refractivity (Wildman–Crippen MR) is 170 cm³/mol. The van der Waals surface area contributed by atoms with Crippen molar-refractivity contribution in [3.8, 4) is 0 Å². The summed E-state index contributed by atoms with van der Waals surface area (Å²) in [4.78, 5) is 55.4. The first kappa shape index (κ1) is 44.4. The fourth-order valence-corrected chi connectivity index (χ4v) is 3.77. The van der Waals surface area contributed by atoms with E-state index in [2.05, 4.69) is 15.6 Å². The molecule has 1 unspecified atom stereocenters. The molecule has 0 aromatic carbocycles. The molecule has 3 amide bonds. The van der Waals surface area contributed by atoms with E-state index in [1.165, 1.54) is 11.8 Å². The summed E-state index contributed by atoms with van der Waals surface area (Å²) in [6.45, 7) is 2.28. The lowest BCUT2D eigenvalue weighted by atomic mass is 10.1. The number of aliphatic carboxylic acids is 1. The molecule has 1 aliphatic heterocycles. The minimum absolute atomic E-state index is 0. The van der Waals surface area contributed by atoms with Crippen LogP contribution in [0.25, 0.3) is 0 Å². The summed E-state index contributed by atoms with van der Waals surface area (Å²) < 4.78 is 0. The molecular weight excluding hydrogens is 589 g/mol. The maximum atomic E-state index is 13.3. The summed E-state index contributed by atoms with van der Waals surface area (Å²) in [7, 11) is 0. The number of carbonyl (C=O) groups is 4. The minimum Gasteiger partial charge on any atom is -0.480 e. The topological polar surface area (TPSA) is 252 Å². The molecule has 1 saturated heterocycles. The second-order valence-corrected chi connectivity index (χ2v) is 8.65. The third-order valence-electron chi connectivity index (χ3n) is 5.78. The molecule has 0 aromatic rings. The molecule has 1 rings (SSSR count). The molecular formula is C21H48N8O6S4. The smallest absolute Gasteiger partial charge is 0.326 e. The Labute approximate surface area is 257 Å². The van der Waals surface area contributed by atoms with Gasteiger partial charge in [-0.3, -0.25) is 19.4 Å². The zero-order chi connectivity index (χ0) is 26.5. The number of aliphatic hydroxyl groups excluding tert-OH is 1. The Balaban J connectivity index is -0.00000153. The van der Waals surface area contributed by atoms with Gasteiger partial charge in [-0.25, -0.2) is 4.79 Å². The zero-order valence-corrected chi connectivity index (χ0v) is 26.2. The highest BCUT2D eigenvalue weighted by Crippen LogP contribution is 2.20. The van der Waals surface area contributed by atoms with Crippen LogP contribution in [-0.4, -0.2) is 94.7 Å². The number of rotatable bonds is 15. The highest BCUT2D eigenvalue weighted by Gasteiger charge is 2.39. The first-order valence-corrected chi connectivity index (χ1v) is 11.8. The van der Waals surface area contributed by atoms with Crippen molar-refractivity contribution in [2.75, 3.05) is 19.6 Å². The maximum absolute atomic E-state index is 13.3. The van der Waals surface area contributed by atoms with Gasteiger partial charge in [0, 0.05) is 13.1 Å². The van der Waals surface area contributed by atoms with Gasteiger partial charge in [-0.1, -0.05) is 0 Å². The number of nitrogens with one attached hydrogen (secondary N) is 2. The van der Waals surface area contributed by atoms with Gasteiger partial charge in [-0.2, -0.15) is 54.0 Å². The number of aliphatic hydroxyl groups is 1. The van der Waals surface area contributed by atoms with Crippen molar-refractivity contribution in [2.45, 2.75) is 82.1 Å². The van der Waals surface area contributed by atoms with Crippen LogP contribution in [0.2, 0.25) is 0 Å². The molecule has 0 radical (unpaired) electrons. The molecule has 0 saturated carbocycles. The Morgan fingerprint density at radius 3 is 2.10 bits per heavy atom. The summed E-state index contributed by atoms with van der Waals surface area (Å²) >= 11 is 0. The van der Waals surface area contributed by atoms with E-state index in [1.807, 2.05) is 0 Å². The van der Waals surface area contributed by atoms with E-state index in [0.717, 1.165) is 0 Å². The van der Waals surface area contributed by atoms with Crippen LogP contribution in [-0.2, 0) is 19.2 Å². The average Bonchev–Trinajstić information content (AvgIpc) is 3.29. The largest absolute Gasteiger partial charge is 0.480 e. The van der Waals surface area contributed by atoms with Crippen LogP contribution in [0.15, 0.2) is 4.99 Å². The highest BCUT2D eigenvalue weighted by atomic mass is 32.1. The molecule has 1 aliphatic rings. The number of amides is 3. The average molecular weight is 637 g/mol. The predicted octanol–water partition coefficient (Wildman–Crippen LogP) is -2.63. The Bertz CT molecular complexity index is 777. The number of aliphatic imine (C=N–C) groups is 1. The van der Waals surface area contributed by atoms with Gasteiger partial charge in [0.1, 0.15) is 24.2 Å². The van der Waals surface area contributed by atoms with E-state index < -0.39 is 54.0 Å². The van der Waals surface area contributed by atoms with Crippen LogP contribution >= 0.6 is 54.0 Å². The van der Waals surface area contributed by atoms with E-state index >= 15 is 0 Å². The van der Waals surface area contributed by atoms with Crippen LogP contribution in [0.3, 0.4) is 0 Å². The molecule has 0 spiro atoms. The number of guanidine groups is 1. The number of carboxylic acid groups (broad SMARTS) is 1. The monoisotopic (exact) mass is 636 g/mol. The van der Waals surface area contributed by atoms with Crippen molar-refractivity contribution >= 4 is 83.6 Å². The highest BCUT2D eigenvalue weighted by molar-refractivity contribution is 7.59. The summed E-state index contributed by atoms with van der Waals surface area (Å²) in [5.74, 6) is -3.05. The quantitative estimate of drug-likeness (QED) is 0.0527. The number of nitrogens with two attached hydrogens (primary N) is 4. The van der Waals surface area contributed by atoms with Gasteiger partial charge in [0.25, 0.3) is 0 Å². The molecule has 0 bridgehead atoms. The first-order chi connectivity index (χ1) is 16.5. The van der Waals surface area contributed by atoms with Crippen molar-refractivity contribution in [3.05, 3.63) is 0 Å². The van der Waals surface area contributed by atoms with Crippen molar-refractivity contribution in [3.63, 3.8) is 0 Å². The van der Waals surface area contributed by atoms with Crippen LogP contribution in [0.4, 0.5) is 0 Å². The standard InChI is InChI=1S/C21H40N8O6.4H2S/c1-12(30)16(23)18(32)27-13(6-2-3-9-22)19(33)29-11-5-8-15(29)17(31)28-14(20(34)35)7-4-10-26-21(24)25;;;;/h12-16,30H,2-11,22-23H2,1H3,(H,27,32)(H,28,31)(H,34,35)(H4,24,25,26);4*1H2/t12-,13?,14+,15+,16+;;;;/m1..../s1. The van der Waals surface area contributed by atoms with Crippen LogP contribution < -0.4 is 33.6 Å². The number of nitrogens with zero attached hydrogens (tertiary/aromatic N) is 2. The molecule has 12 N–H and O–H groups in total. The zero-order valence-electron chi connectivity index (χ0n) is 22.2. The summed E-state index contributed by atoms with van der Waals surface area (Å²) in [5, 5.41) is 24.2. The Kier molecular flexibility index (Phi) is 26.4. The fraction of sp³-hybridized carbons (Fsp3) is 0.762. The van der Waals surface area contributed by atoms with E-state index in [1.54, 1.807) is 0 Å². The van der Waals surface area contributed by atoms with Crippen LogP contribution in [0.1, 0.15) is 51.9 Å². The molecule has 39 heavy (non-hydrogen) atoms. The number of carboxylic acids is 1. The fourth-order valence-electron chi connectivity index (χ4n) is 3.77. The molecule has 18 heteroatoms. The Morgan fingerprint density at radius 1 is 1.00 bits per heavy atom. The SMILES string of the molecule is C[C@@H](O)[C@H](N)C(=O)NC(CCCCN)C(=O)N1CCC[C@H]1C(=O)N[C@@H](CCCN=C(N)N)C(=O)O.S.S.S.S. The number of unbranched alkanes of at least 4 members (excludes halogenated alkanes) is 1. The van der Waals surface area contributed by atoms with E-state index in [9.17, 15) is 29.4 Å². The lowest BCUT2D eigenvalue weighted by Gasteiger charge is -2.30. The van der Waals surface area contributed by atoms with Crippen molar-refractivity contribution < 1.29 is 29.4 Å². The maximum Gasteiger partial charge on any atom is 0.326 e. The van der Waals surface area contributed by atoms with Gasteiger partial charge in [-0.05, 0) is 58.4 Å². The lowest BCUT2D eigenvalue weighted by Crippen LogP contribution is -2.57. The lowest BCUT2D eigenvalue weighted by molar-refractivity contribution is -0.145. The van der Waals surface area contributed by atoms with Gasteiger partial charge < -0.3 is 48.7 Å². The Morgan fingerprint density at radius 2 is 1.59 bits per heavy atom. The van der Waals surface area contributed by atoms with Gasteiger partial charge >= 0.3 is 5.97 Å². The molecule has 14 nitrogen and oxygen atoms in total. The van der Waals surface area contributed by atoms with Gasteiger partial charge in [0.2, 0.25) is 17.7 Å². The van der Waals surface area contributed by atoms with Gasteiger partial charge in [-0.15, -0.1) is 0 Å². The second-order valence-electron chi connectivity index (χ2n) is 8.65. The summed E-state index contributed by atoms with van der Waals surface area (Å²) in [6.07, 6.45) is 1.69. The number of likely N-dealkylation sites (tertiary alicyclic amines) is 1. The number of carbonyl (C=O) groups excluding carboxylic acids is 3. The molecule has 5 atom stereocenters. The summed E-state index contributed by atoms with van der Waals surface area (Å²) in [6, 6.07) is -4.21. The molecule has 1 heterocycles. The molecule has 0 aliphatic carbocycles. The van der Waals surface area contributed by atoms with Crippen LogP contribution in [0.5, 0.6) is 0 Å². The minimum atomic E-state index is -1.22. The Hall–Kier alpha value is -1.57. The van der Waals surface area contributed by atoms with Crippen molar-refractivity contribution in [2.24, 2.45) is 27.9 Å². The molecule has 232 valence electrons. The number of hydrogen-bond acceptors (Lipinski definition) is 8. The first-order valence-electron chi connectivity index (χ1n) is 11.8. The summed E-state index contributed by atoms with van der Waals surface area (Å²) in [5.41, 5.74) is 21.7. The number of hydrogen-bond donors (Lipinski definition) is 8. The van der Waals surface area contributed by atoms with E-state index in [4.69, 9.17) is 22.9 Å². The molecule has 1 fully saturated rings. The van der Waals surface area contributed by atoms with E-state index in [-0.39, 0.29) is 85.9 Å². The van der Waals surface area contributed by atoms with E-state index in [0.29, 0.717) is 38.6 Å². The second kappa shape index (κ2) is 23.2. The van der Waals surface area contributed by atoms with Crippen LogP contribution in [0, 0.1) is 0 Å². The van der Waals surface area contributed by atoms with Crippen molar-refractivity contribution in [1.29, 1.82) is 0 Å². The third kappa shape index (κ3) is 15.7. The normalized spacial score (nSPS) is 16.8. The molecule has 0 aromatic heterocycles. The third-order valence-corrected chi connectivity index (χ3v) is 5.78. The van der Waals surface area contributed by atoms with Gasteiger partial charge in [0.15, 0.2) is 5.96 Å². The van der Waals surface area contributed by atoms with Crippen molar-refractivity contribution in [1.82, 2.24) is 15.5 Å².